The van der Waals surface area contributed by atoms with Crippen molar-refractivity contribution in [3.63, 3.8) is 0 Å². The van der Waals surface area contributed by atoms with Crippen LogP contribution in [0.25, 0.3) is 10.9 Å². The summed E-state index contributed by atoms with van der Waals surface area (Å²) in [6, 6.07) is 13.3. The van der Waals surface area contributed by atoms with Crippen LogP contribution in [0.3, 0.4) is 0 Å². The van der Waals surface area contributed by atoms with E-state index in [9.17, 15) is 22.8 Å². The molecule has 1 saturated carbocycles. The van der Waals surface area contributed by atoms with Crippen molar-refractivity contribution in [3.8, 4) is 0 Å². The number of methoxy groups -OCH3 is 1. The number of fused-ring (bicyclic) bond motifs is 1. The van der Waals surface area contributed by atoms with E-state index in [2.05, 4.69) is 5.32 Å². The van der Waals surface area contributed by atoms with E-state index in [1.165, 1.54) is 19.2 Å². The summed E-state index contributed by atoms with van der Waals surface area (Å²) < 4.78 is 43.7. The Labute approximate surface area is 206 Å². The summed E-state index contributed by atoms with van der Waals surface area (Å²) in [5, 5.41) is 3.83. The zero-order valence-corrected chi connectivity index (χ0v) is 19.7. The van der Waals surface area contributed by atoms with Gasteiger partial charge >= 0.3 is 12.1 Å². The Morgan fingerprint density at radius 1 is 1.11 bits per heavy atom. The maximum absolute atomic E-state index is 13.4. The molecule has 188 valence electrons. The number of rotatable bonds is 6. The third kappa shape index (κ3) is 5.06. The normalized spacial score (nSPS) is 20.4. The van der Waals surface area contributed by atoms with Crippen LogP contribution in [0.2, 0.25) is 0 Å². The molecule has 6 nitrogen and oxygen atoms in total. The highest BCUT2D eigenvalue weighted by molar-refractivity contribution is 6.06. The fourth-order valence-corrected chi connectivity index (χ4v) is 4.83. The fraction of sp³-hybridized carbons (Fsp3) is 0.370. The lowest BCUT2D eigenvalue weighted by Crippen LogP contribution is -2.37. The number of likely N-dealkylation sites (tertiary alicyclic amines) is 1. The van der Waals surface area contributed by atoms with E-state index in [0.29, 0.717) is 30.0 Å². The number of hydrogen-bond acceptors (Lipinski definition) is 5. The summed E-state index contributed by atoms with van der Waals surface area (Å²) in [6.07, 6.45) is -1.94. The predicted octanol–water partition coefficient (Wildman–Crippen LogP) is 4.68. The fourth-order valence-electron chi connectivity index (χ4n) is 4.83. The van der Waals surface area contributed by atoms with E-state index in [1.807, 2.05) is 35.2 Å². The highest BCUT2D eigenvalue weighted by Crippen LogP contribution is 2.40. The van der Waals surface area contributed by atoms with Crippen molar-refractivity contribution in [2.45, 2.75) is 50.0 Å². The Morgan fingerprint density at radius 2 is 1.83 bits per heavy atom. The van der Waals surface area contributed by atoms with Gasteiger partial charge in [-0.2, -0.15) is 13.2 Å². The lowest BCUT2D eigenvalue weighted by atomic mass is 10.0. The van der Waals surface area contributed by atoms with E-state index in [0.717, 1.165) is 41.6 Å². The maximum atomic E-state index is 13.4. The van der Waals surface area contributed by atoms with Crippen LogP contribution in [0, 0.1) is 0 Å². The number of carbonyl (C=O) groups is 2. The Morgan fingerprint density at radius 3 is 2.50 bits per heavy atom. The molecule has 2 atom stereocenters. The van der Waals surface area contributed by atoms with Gasteiger partial charge in [0.2, 0.25) is 0 Å². The molecule has 2 heterocycles. The minimum Gasteiger partial charge on any atom is -0.468 e. The van der Waals surface area contributed by atoms with Crippen molar-refractivity contribution in [1.29, 1.82) is 0 Å². The van der Waals surface area contributed by atoms with Crippen LogP contribution in [-0.4, -0.2) is 47.5 Å². The molecule has 1 aromatic heterocycles. The van der Waals surface area contributed by atoms with Crippen molar-refractivity contribution >= 4 is 22.8 Å². The van der Waals surface area contributed by atoms with Gasteiger partial charge in [0.05, 0.1) is 23.8 Å². The Bertz CT molecular complexity index is 1290. The van der Waals surface area contributed by atoms with E-state index in [4.69, 9.17) is 9.72 Å². The molecule has 2 aromatic carbocycles. The second-order valence-corrected chi connectivity index (χ2v) is 9.46. The smallest absolute Gasteiger partial charge is 0.416 e. The number of aromatic nitrogens is 1. The van der Waals surface area contributed by atoms with Crippen LogP contribution in [0.1, 0.15) is 52.4 Å². The van der Waals surface area contributed by atoms with Crippen LogP contribution in [0.15, 0.2) is 54.6 Å². The topological polar surface area (TPSA) is 71.5 Å². The van der Waals surface area contributed by atoms with Crippen LogP contribution in [0.4, 0.5) is 13.2 Å². The molecule has 1 aliphatic heterocycles. The predicted molar refractivity (Wildman–Crippen MR) is 127 cm³/mol. The van der Waals surface area contributed by atoms with Gasteiger partial charge in [0.1, 0.15) is 6.04 Å². The molecule has 9 heteroatoms. The number of esters is 1. The Balaban J connectivity index is 1.34. The lowest BCUT2D eigenvalue weighted by Gasteiger charge is -2.22. The molecule has 0 unspecified atom stereocenters. The summed E-state index contributed by atoms with van der Waals surface area (Å²) >= 11 is 0. The van der Waals surface area contributed by atoms with Gasteiger partial charge in [-0.15, -0.1) is 0 Å². The van der Waals surface area contributed by atoms with Crippen LogP contribution in [0.5, 0.6) is 0 Å². The van der Waals surface area contributed by atoms with Crippen molar-refractivity contribution in [1.82, 2.24) is 15.2 Å². The number of nitrogens with zero attached hydrogens (tertiary/aromatic N) is 2. The number of halogens is 3. The lowest BCUT2D eigenvalue weighted by molar-refractivity contribution is -0.146. The number of nitrogens with one attached hydrogen (secondary N) is 1. The van der Waals surface area contributed by atoms with Crippen molar-refractivity contribution in [2.24, 2.45) is 0 Å². The summed E-state index contributed by atoms with van der Waals surface area (Å²) in [5.41, 5.74) is 2.16. The first-order valence-corrected chi connectivity index (χ1v) is 11.9. The standard InChI is InChI=1S/C27H26F3N3O3/c1-36-26(35)24-12-19(15-33(24)14-16-6-10-18(11-7-16)27(28,29)30)31-25(34)21-13-23(17-8-9-17)32-22-5-3-2-4-20(21)22/h2-7,10-11,13,17,19,24H,8-9,12,14-15H2,1H3,(H,31,34)/t19-,24+/m1/s1. The SMILES string of the molecule is COC(=O)[C@@H]1C[C@@H](NC(=O)c2cc(C3CC3)nc3ccccc23)CN1Cc1ccc(C(F)(F)F)cc1. The van der Waals surface area contributed by atoms with Gasteiger partial charge in [-0.1, -0.05) is 30.3 Å². The molecule has 0 bridgehead atoms. The molecule has 1 amide bonds. The first kappa shape index (κ1) is 24.2. The van der Waals surface area contributed by atoms with Gasteiger partial charge in [0, 0.05) is 36.1 Å². The highest BCUT2D eigenvalue weighted by Gasteiger charge is 2.39. The molecular formula is C27H26F3N3O3. The summed E-state index contributed by atoms with van der Waals surface area (Å²) in [5.74, 6) is -0.292. The molecule has 1 aliphatic carbocycles. The zero-order chi connectivity index (χ0) is 25.4. The summed E-state index contributed by atoms with van der Waals surface area (Å²) in [6.45, 7) is 0.624. The largest absolute Gasteiger partial charge is 0.468 e. The maximum Gasteiger partial charge on any atom is 0.416 e. The number of hydrogen-bond donors (Lipinski definition) is 1. The quantitative estimate of drug-likeness (QED) is 0.501. The van der Waals surface area contributed by atoms with E-state index in [-0.39, 0.29) is 18.5 Å². The first-order chi connectivity index (χ1) is 17.2. The molecule has 0 spiro atoms. The molecule has 0 radical (unpaired) electrons. The van der Waals surface area contributed by atoms with E-state index < -0.39 is 23.8 Å². The molecule has 3 aromatic rings. The highest BCUT2D eigenvalue weighted by atomic mass is 19.4. The van der Waals surface area contributed by atoms with Crippen molar-refractivity contribution in [3.05, 3.63) is 77.0 Å². The second-order valence-electron chi connectivity index (χ2n) is 9.46. The number of pyridine rings is 1. The van der Waals surface area contributed by atoms with Gasteiger partial charge in [-0.3, -0.25) is 19.5 Å². The summed E-state index contributed by atoms with van der Waals surface area (Å²) in [7, 11) is 1.30. The van der Waals surface area contributed by atoms with Crippen molar-refractivity contribution < 1.29 is 27.5 Å². The van der Waals surface area contributed by atoms with Crippen molar-refractivity contribution in [2.75, 3.05) is 13.7 Å². The average molecular weight is 498 g/mol. The molecule has 2 fully saturated rings. The van der Waals surface area contributed by atoms with E-state index >= 15 is 0 Å². The van der Waals surface area contributed by atoms with Gasteiger partial charge in [-0.05, 0) is 49.1 Å². The van der Waals surface area contributed by atoms with Crippen LogP contribution < -0.4 is 5.32 Å². The molecule has 1 saturated heterocycles. The Kier molecular flexibility index (Phi) is 6.42. The number of benzene rings is 2. The third-order valence-corrected chi connectivity index (χ3v) is 6.86. The van der Waals surface area contributed by atoms with Gasteiger partial charge in [-0.25, -0.2) is 0 Å². The summed E-state index contributed by atoms with van der Waals surface area (Å²) in [4.78, 5) is 32.4. The minimum absolute atomic E-state index is 0.236. The number of alkyl halides is 3. The first-order valence-electron chi connectivity index (χ1n) is 11.9. The Hall–Kier alpha value is -3.46. The molecule has 1 N–H and O–H groups in total. The third-order valence-electron chi connectivity index (χ3n) is 6.86. The zero-order valence-electron chi connectivity index (χ0n) is 19.7. The van der Waals surface area contributed by atoms with Gasteiger partial charge < -0.3 is 10.1 Å². The van der Waals surface area contributed by atoms with Crippen LogP contribution >= 0.6 is 0 Å². The van der Waals surface area contributed by atoms with E-state index in [1.54, 1.807) is 0 Å². The van der Waals surface area contributed by atoms with Crippen LogP contribution in [-0.2, 0) is 22.3 Å². The number of carbonyl (C=O) groups excluding carboxylic acids is 2. The molecule has 5 rings (SSSR count). The molecule has 36 heavy (non-hydrogen) atoms. The van der Waals surface area contributed by atoms with Gasteiger partial charge in [0.15, 0.2) is 0 Å². The van der Waals surface area contributed by atoms with Gasteiger partial charge in [0.25, 0.3) is 5.91 Å². The number of para-hydroxylation sites is 1. The molecular weight excluding hydrogens is 471 g/mol. The second kappa shape index (κ2) is 9.54. The minimum atomic E-state index is -4.41. The molecule has 2 aliphatic rings. The number of amides is 1. The average Bonchev–Trinajstić information content (AvgIpc) is 3.64. The monoisotopic (exact) mass is 497 g/mol. The number of ether oxygens (including phenoxy) is 1.